The summed E-state index contributed by atoms with van der Waals surface area (Å²) in [5.74, 6) is -0.820. The van der Waals surface area contributed by atoms with Crippen LogP contribution in [0.3, 0.4) is 0 Å². The van der Waals surface area contributed by atoms with E-state index in [9.17, 15) is 14.0 Å². The Morgan fingerprint density at radius 3 is 2.37 bits per heavy atom. The van der Waals surface area contributed by atoms with Crippen molar-refractivity contribution in [3.63, 3.8) is 0 Å². The molecule has 0 saturated carbocycles. The van der Waals surface area contributed by atoms with Gasteiger partial charge < -0.3 is 16.4 Å². The van der Waals surface area contributed by atoms with Crippen molar-refractivity contribution in [2.75, 3.05) is 5.32 Å². The normalized spacial score (nSPS) is 13.4. The molecule has 1 aromatic carbocycles. The van der Waals surface area contributed by atoms with Crippen LogP contribution in [0.4, 0.5) is 14.9 Å². The summed E-state index contributed by atoms with van der Waals surface area (Å²) in [6.07, 6.45) is 0.710. The van der Waals surface area contributed by atoms with Gasteiger partial charge in [-0.05, 0) is 30.2 Å². The van der Waals surface area contributed by atoms with Crippen LogP contribution in [0.2, 0.25) is 0 Å². The maximum Gasteiger partial charge on any atom is 0.312 e. The van der Waals surface area contributed by atoms with Gasteiger partial charge in [0, 0.05) is 5.69 Å². The number of nitrogens with one attached hydrogen (secondary N) is 2. The van der Waals surface area contributed by atoms with Gasteiger partial charge in [-0.15, -0.1) is 0 Å². The average Bonchev–Trinajstić information content (AvgIpc) is 2.37. The van der Waals surface area contributed by atoms with Crippen LogP contribution >= 0.6 is 0 Å². The zero-order valence-electron chi connectivity index (χ0n) is 10.9. The summed E-state index contributed by atoms with van der Waals surface area (Å²) >= 11 is 0. The van der Waals surface area contributed by atoms with Crippen LogP contribution in [-0.2, 0) is 4.79 Å². The molecule has 6 heteroatoms. The zero-order valence-corrected chi connectivity index (χ0v) is 10.9. The number of amides is 3. The molecule has 0 radical (unpaired) electrons. The molecule has 4 N–H and O–H groups in total. The first kappa shape index (κ1) is 14.9. The average molecular weight is 267 g/mol. The van der Waals surface area contributed by atoms with Gasteiger partial charge >= 0.3 is 6.03 Å². The Morgan fingerprint density at radius 1 is 1.32 bits per heavy atom. The van der Waals surface area contributed by atoms with Crippen molar-refractivity contribution in [1.82, 2.24) is 5.32 Å². The van der Waals surface area contributed by atoms with E-state index in [1.807, 2.05) is 13.8 Å². The van der Waals surface area contributed by atoms with E-state index in [0.29, 0.717) is 12.1 Å². The van der Waals surface area contributed by atoms with Crippen LogP contribution in [0.1, 0.15) is 20.3 Å². The fourth-order valence-corrected chi connectivity index (χ4v) is 1.61. The van der Waals surface area contributed by atoms with Crippen molar-refractivity contribution in [2.45, 2.75) is 26.3 Å². The van der Waals surface area contributed by atoms with E-state index in [1.165, 1.54) is 24.3 Å². The van der Waals surface area contributed by atoms with Crippen LogP contribution in [-0.4, -0.2) is 18.0 Å². The molecule has 0 bridgehead atoms. The molecule has 1 aromatic rings. The Kier molecular flexibility index (Phi) is 5.29. The molecule has 0 saturated heterocycles. The number of urea groups is 1. The van der Waals surface area contributed by atoms with Crippen LogP contribution in [0.15, 0.2) is 24.3 Å². The number of carbonyl (C=O) groups excluding carboxylic acids is 2. The van der Waals surface area contributed by atoms with Gasteiger partial charge in [0.15, 0.2) is 0 Å². The molecule has 0 aliphatic carbocycles. The third-order valence-electron chi connectivity index (χ3n) is 2.90. The predicted octanol–water partition coefficient (Wildman–Crippen LogP) is 1.85. The highest BCUT2D eigenvalue weighted by molar-refractivity contribution is 5.97. The van der Waals surface area contributed by atoms with Gasteiger partial charge in [-0.3, -0.25) is 4.79 Å². The topological polar surface area (TPSA) is 84.2 Å². The number of nitrogens with two attached hydrogens (primary N) is 1. The van der Waals surface area contributed by atoms with Gasteiger partial charge in [0.2, 0.25) is 5.91 Å². The van der Waals surface area contributed by atoms with E-state index in [0.717, 1.165) is 0 Å². The molecule has 5 nitrogen and oxygen atoms in total. The molecule has 0 aromatic heterocycles. The van der Waals surface area contributed by atoms with E-state index in [2.05, 4.69) is 10.6 Å². The Hall–Kier alpha value is -2.11. The lowest BCUT2D eigenvalue weighted by Gasteiger charge is -2.22. The number of benzene rings is 1. The summed E-state index contributed by atoms with van der Waals surface area (Å²) in [7, 11) is 0. The van der Waals surface area contributed by atoms with Crippen molar-refractivity contribution in [3.05, 3.63) is 30.1 Å². The first-order valence-corrected chi connectivity index (χ1v) is 6.06. The summed E-state index contributed by atoms with van der Waals surface area (Å²) in [5, 5.41) is 5.03. The lowest BCUT2D eigenvalue weighted by Crippen LogP contribution is -2.49. The second-order valence-electron chi connectivity index (χ2n) is 4.37. The molecular formula is C13H18FN3O2. The highest BCUT2D eigenvalue weighted by Gasteiger charge is 2.25. The van der Waals surface area contributed by atoms with Gasteiger partial charge in [0.1, 0.15) is 11.9 Å². The van der Waals surface area contributed by atoms with Gasteiger partial charge in [0.25, 0.3) is 0 Å². The quantitative estimate of drug-likeness (QED) is 0.760. The van der Waals surface area contributed by atoms with E-state index >= 15 is 0 Å². The maximum atomic E-state index is 12.8. The summed E-state index contributed by atoms with van der Waals surface area (Å²) in [6.45, 7) is 3.75. The minimum Gasteiger partial charge on any atom is -0.352 e. The summed E-state index contributed by atoms with van der Waals surface area (Å²) in [4.78, 5) is 23.0. The first-order valence-electron chi connectivity index (χ1n) is 6.06. The van der Waals surface area contributed by atoms with E-state index in [4.69, 9.17) is 5.73 Å². The largest absolute Gasteiger partial charge is 0.352 e. The third-order valence-corrected chi connectivity index (χ3v) is 2.90. The van der Waals surface area contributed by atoms with Crippen molar-refractivity contribution in [1.29, 1.82) is 0 Å². The number of anilines is 1. The molecule has 0 fully saturated rings. The molecule has 0 aliphatic heterocycles. The Morgan fingerprint density at radius 2 is 1.89 bits per heavy atom. The minimum atomic E-state index is -0.750. The molecule has 3 amide bonds. The number of hydrogen-bond acceptors (Lipinski definition) is 2. The summed E-state index contributed by atoms with van der Waals surface area (Å²) in [6, 6.07) is 3.92. The predicted molar refractivity (Wildman–Crippen MR) is 71.0 cm³/mol. The Bertz CT molecular complexity index is 448. The fraction of sp³-hybridized carbons (Fsp3) is 0.385. The fourth-order valence-electron chi connectivity index (χ4n) is 1.61. The number of rotatable bonds is 5. The molecular weight excluding hydrogens is 249 g/mol. The minimum absolute atomic E-state index is 0.0621. The van der Waals surface area contributed by atoms with Gasteiger partial charge in [-0.1, -0.05) is 20.3 Å². The van der Waals surface area contributed by atoms with Crippen LogP contribution in [0.25, 0.3) is 0 Å². The van der Waals surface area contributed by atoms with Crippen molar-refractivity contribution < 1.29 is 14.0 Å². The lowest BCUT2D eigenvalue weighted by atomic mass is 9.98. The first-order chi connectivity index (χ1) is 8.93. The molecule has 0 aliphatic rings. The van der Waals surface area contributed by atoms with Gasteiger partial charge in [-0.25, -0.2) is 9.18 Å². The molecule has 104 valence electrons. The number of carbonyl (C=O) groups is 2. The van der Waals surface area contributed by atoms with Gasteiger partial charge in [-0.2, -0.15) is 0 Å². The summed E-state index contributed by atoms with van der Waals surface area (Å²) in [5.41, 5.74) is 5.52. The van der Waals surface area contributed by atoms with Crippen molar-refractivity contribution in [3.8, 4) is 0 Å². The SMILES string of the molecule is CC[C@@H](C)[C@H](NC(N)=O)C(=O)Nc1ccc(F)cc1. The smallest absolute Gasteiger partial charge is 0.312 e. The van der Waals surface area contributed by atoms with Crippen LogP contribution in [0, 0.1) is 11.7 Å². The van der Waals surface area contributed by atoms with Crippen molar-refractivity contribution in [2.24, 2.45) is 11.7 Å². The van der Waals surface area contributed by atoms with Crippen LogP contribution in [0.5, 0.6) is 0 Å². The van der Waals surface area contributed by atoms with E-state index in [1.54, 1.807) is 0 Å². The maximum absolute atomic E-state index is 12.8. The molecule has 0 unspecified atom stereocenters. The third kappa shape index (κ3) is 4.57. The molecule has 19 heavy (non-hydrogen) atoms. The van der Waals surface area contributed by atoms with Crippen LogP contribution < -0.4 is 16.4 Å². The molecule has 0 heterocycles. The number of primary amides is 1. The summed E-state index contributed by atoms with van der Waals surface area (Å²) < 4.78 is 12.8. The zero-order chi connectivity index (χ0) is 14.4. The van der Waals surface area contributed by atoms with Crippen molar-refractivity contribution >= 4 is 17.6 Å². The Balaban J connectivity index is 2.76. The monoisotopic (exact) mass is 267 g/mol. The second-order valence-corrected chi connectivity index (χ2v) is 4.37. The molecule has 0 spiro atoms. The molecule has 2 atom stereocenters. The Labute approximate surface area is 111 Å². The highest BCUT2D eigenvalue weighted by Crippen LogP contribution is 2.13. The van der Waals surface area contributed by atoms with Gasteiger partial charge in [0.05, 0.1) is 0 Å². The lowest BCUT2D eigenvalue weighted by molar-refractivity contribution is -0.119. The standard InChI is InChI=1S/C13H18FN3O2/c1-3-8(2)11(17-13(15)19)12(18)16-10-6-4-9(14)5-7-10/h4-8,11H,3H2,1-2H3,(H,16,18)(H3,15,17,19)/t8-,11+/m1/s1. The second kappa shape index (κ2) is 6.72. The highest BCUT2D eigenvalue weighted by atomic mass is 19.1. The number of hydrogen-bond donors (Lipinski definition) is 3. The van der Waals surface area contributed by atoms with E-state index in [-0.39, 0.29) is 17.6 Å². The molecule has 1 rings (SSSR count). The number of halogens is 1. The van der Waals surface area contributed by atoms with E-state index < -0.39 is 12.1 Å².